The largest absolute Gasteiger partial charge is 0.326 e. The van der Waals surface area contributed by atoms with Gasteiger partial charge < -0.3 is 5.32 Å². The summed E-state index contributed by atoms with van der Waals surface area (Å²) in [4.78, 5) is 19.5. The van der Waals surface area contributed by atoms with Crippen molar-refractivity contribution < 1.29 is 4.79 Å². The molecule has 1 atom stereocenters. The van der Waals surface area contributed by atoms with Crippen molar-refractivity contribution in [2.24, 2.45) is 4.99 Å². The molecule has 3 heterocycles. The molecule has 1 unspecified atom stereocenters. The molecule has 172 valence electrons. The Morgan fingerprint density at radius 2 is 1.88 bits per heavy atom. The lowest BCUT2D eigenvalue weighted by Crippen LogP contribution is -2.17. The molecular weight excluding hydrogens is 466 g/mol. The Labute approximate surface area is 207 Å². The third kappa shape index (κ3) is 4.17. The van der Waals surface area contributed by atoms with Gasteiger partial charge >= 0.3 is 0 Å². The highest BCUT2D eigenvalue weighted by atomic mass is 35.5. The summed E-state index contributed by atoms with van der Waals surface area (Å²) in [6.45, 7) is 6.05. The average Bonchev–Trinajstić information content (AvgIpc) is 3.39. The van der Waals surface area contributed by atoms with E-state index in [2.05, 4.69) is 33.1 Å². The Bertz CT molecular complexity index is 1400. The Morgan fingerprint density at radius 1 is 1.12 bits per heavy atom. The first kappa shape index (κ1) is 22.5. The van der Waals surface area contributed by atoms with E-state index in [9.17, 15) is 4.79 Å². The van der Waals surface area contributed by atoms with Gasteiger partial charge in [0.15, 0.2) is 5.82 Å². The number of carbonyl (C=O) groups excluding carboxylic acids is 1. The van der Waals surface area contributed by atoms with Gasteiger partial charge in [0.1, 0.15) is 16.9 Å². The van der Waals surface area contributed by atoms with Crippen LogP contribution in [0, 0.1) is 13.8 Å². The van der Waals surface area contributed by atoms with Crippen LogP contribution in [0.25, 0.3) is 5.00 Å². The van der Waals surface area contributed by atoms with Crippen LogP contribution < -0.4 is 5.32 Å². The standard InChI is InChI=1S/C26H24ClN5OS/c1-4-19-13-20-24(17-9-11-18(27)12-10-17)29-22(25-31-30-16(3)32(25)26(20)34-19)14-23(33)28-21-8-6-5-7-15(21)2/h5-13,22H,4,14H2,1-3H3,(H,28,33). The van der Waals surface area contributed by atoms with Crippen molar-refractivity contribution in [3.05, 3.63) is 92.8 Å². The van der Waals surface area contributed by atoms with Crippen molar-refractivity contribution in [1.82, 2.24) is 14.8 Å². The molecule has 2 aromatic carbocycles. The molecule has 0 saturated carbocycles. The summed E-state index contributed by atoms with van der Waals surface area (Å²) < 4.78 is 2.05. The summed E-state index contributed by atoms with van der Waals surface area (Å²) in [5.74, 6) is 1.33. The van der Waals surface area contributed by atoms with Crippen LogP contribution in [0.15, 0.2) is 59.6 Å². The zero-order valence-corrected chi connectivity index (χ0v) is 20.7. The van der Waals surface area contributed by atoms with Gasteiger partial charge in [0.05, 0.1) is 12.1 Å². The summed E-state index contributed by atoms with van der Waals surface area (Å²) in [5, 5.41) is 13.5. The highest BCUT2D eigenvalue weighted by Crippen LogP contribution is 2.37. The van der Waals surface area contributed by atoms with Gasteiger partial charge in [-0.25, -0.2) is 0 Å². The number of aryl methyl sites for hydroxylation is 3. The minimum absolute atomic E-state index is 0.120. The second kappa shape index (κ2) is 9.16. The zero-order valence-electron chi connectivity index (χ0n) is 19.2. The SMILES string of the molecule is CCc1cc2c(s1)-n1c(C)nnc1C(CC(=O)Nc1ccccc1C)N=C2c1ccc(Cl)cc1. The molecular formula is C26H24ClN5OS. The van der Waals surface area contributed by atoms with Crippen LogP contribution >= 0.6 is 22.9 Å². The summed E-state index contributed by atoms with van der Waals surface area (Å²) in [6, 6.07) is 17.1. The van der Waals surface area contributed by atoms with Gasteiger partial charge in [-0.3, -0.25) is 14.4 Å². The number of hydrogen-bond acceptors (Lipinski definition) is 5. The summed E-state index contributed by atoms with van der Waals surface area (Å²) >= 11 is 7.87. The molecule has 5 rings (SSSR count). The van der Waals surface area contributed by atoms with Gasteiger partial charge in [0, 0.05) is 26.7 Å². The fraction of sp³-hybridized carbons (Fsp3) is 0.231. The monoisotopic (exact) mass is 489 g/mol. The number of hydrogen-bond donors (Lipinski definition) is 1. The summed E-state index contributed by atoms with van der Waals surface area (Å²) in [6.07, 6.45) is 1.07. The number of carbonyl (C=O) groups is 1. The van der Waals surface area contributed by atoms with Crippen molar-refractivity contribution >= 4 is 40.2 Å². The average molecular weight is 490 g/mol. The summed E-state index contributed by atoms with van der Waals surface area (Å²) in [7, 11) is 0. The molecule has 0 radical (unpaired) electrons. The minimum atomic E-state index is -0.486. The van der Waals surface area contributed by atoms with Crippen LogP contribution in [0.3, 0.4) is 0 Å². The molecule has 0 fully saturated rings. The van der Waals surface area contributed by atoms with Crippen molar-refractivity contribution in [3.63, 3.8) is 0 Å². The first-order valence-corrected chi connectivity index (χ1v) is 12.4. The number of aliphatic imine (C=N–C) groups is 1. The van der Waals surface area contributed by atoms with E-state index in [1.165, 1.54) is 4.88 Å². The fourth-order valence-corrected chi connectivity index (χ4v) is 5.41. The molecule has 1 aliphatic heterocycles. The molecule has 2 aromatic heterocycles. The number of para-hydroxylation sites is 1. The predicted molar refractivity (Wildman–Crippen MR) is 138 cm³/mol. The minimum Gasteiger partial charge on any atom is -0.326 e. The Morgan fingerprint density at radius 3 is 2.62 bits per heavy atom. The molecule has 0 spiro atoms. The number of thiophene rings is 1. The number of benzene rings is 2. The number of halogens is 1. The van der Waals surface area contributed by atoms with E-state index >= 15 is 0 Å². The van der Waals surface area contributed by atoms with Crippen LogP contribution in [0.5, 0.6) is 0 Å². The van der Waals surface area contributed by atoms with Crippen LogP contribution in [-0.2, 0) is 11.2 Å². The van der Waals surface area contributed by atoms with E-state index in [1.54, 1.807) is 11.3 Å². The second-order valence-corrected chi connectivity index (χ2v) is 9.85. The normalized spacial score (nSPS) is 14.7. The fourth-order valence-electron chi connectivity index (χ4n) is 4.13. The van der Waals surface area contributed by atoms with Gasteiger partial charge in [0.25, 0.3) is 0 Å². The van der Waals surface area contributed by atoms with Crippen LogP contribution in [0.2, 0.25) is 5.02 Å². The van der Waals surface area contributed by atoms with E-state index in [0.717, 1.165) is 45.3 Å². The van der Waals surface area contributed by atoms with Crippen molar-refractivity contribution in [2.45, 2.75) is 39.7 Å². The molecule has 1 amide bonds. The Hall–Kier alpha value is -3.29. The third-order valence-corrected chi connectivity index (χ3v) is 7.44. The first-order valence-electron chi connectivity index (χ1n) is 11.2. The highest BCUT2D eigenvalue weighted by Gasteiger charge is 2.31. The van der Waals surface area contributed by atoms with Gasteiger partial charge in [-0.2, -0.15) is 0 Å². The number of amides is 1. The lowest BCUT2D eigenvalue weighted by molar-refractivity contribution is -0.116. The third-order valence-electron chi connectivity index (χ3n) is 5.92. The van der Waals surface area contributed by atoms with E-state index < -0.39 is 6.04 Å². The molecule has 4 aromatic rings. The zero-order chi connectivity index (χ0) is 23.8. The van der Waals surface area contributed by atoms with Gasteiger partial charge in [0.2, 0.25) is 5.91 Å². The Kier molecular flexibility index (Phi) is 6.06. The van der Waals surface area contributed by atoms with E-state index in [0.29, 0.717) is 10.8 Å². The van der Waals surface area contributed by atoms with Gasteiger partial charge in [-0.1, -0.05) is 48.9 Å². The van der Waals surface area contributed by atoms with Crippen LogP contribution in [0.4, 0.5) is 5.69 Å². The first-order chi connectivity index (χ1) is 16.4. The second-order valence-electron chi connectivity index (χ2n) is 8.29. The van der Waals surface area contributed by atoms with Crippen LogP contribution in [0.1, 0.15) is 52.6 Å². The quantitative estimate of drug-likeness (QED) is 0.369. The van der Waals surface area contributed by atoms with Crippen molar-refractivity contribution in [3.8, 4) is 5.00 Å². The molecule has 1 aliphatic rings. The Balaban J connectivity index is 1.60. The number of aromatic nitrogens is 3. The van der Waals surface area contributed by atoms with Crippen molar-refractivity contribution in [2.75, 3.05) is 5.32 Å². The van der Waals surface area contributed by atoms with E-state index in [1.807, 2.05) is 62.4 Å². The number of rotatable bonds is 5. The lowest BCUT2D eigenvalue weighted by atomic mass is 10.0. The molecule has 0 aliphatic carbocycles. The molecule has 8 heteroatoms. The number of nitrogens with one attached hydrogen (secondary N) is 1. The number of anilines is 1. The topological polar surface area (TPSA) is 72.2 Å². The molecule has 0 bridgehead atoms. The lowest BCUT2D eigenvalue weighted by Gasteiger charge is -2.14. The predicted octanol–water partition coefficient (Wildman–Crippen LogP) is 6.08. The summed E-state index contributed by atoms with van der Waals surface area (Å²) in [5.41, 5.74) is 4.62. The molecule has 6 nitrogen and oxygen atoms in total. The molecule has 1 N–H and O–H groups in total. The maximum absolute atomic E-state index is 13.1. The van der Waals surface area contributed by atoms with E-state index in [-0.39, 0.29) is 12.3 Å². The van der Waals surface area contributed by atoms with Gasteiger partial charge in [-0.05, 0) is 50.1 Å². The van der Waals surface area contributed by atoms with Gasteiger partial charge in [-0.15, -0.1) is 21.5 Å². The maximum atomic E-state index is 13.1. The molecule has 0 saturated heterocycles. The molecule has 34 heavy (non-hydrogen) atoms. The smallest absolute Gasteiger partial charge is 0.227 e. The maximum Gasteiger partial charge on any atom is 0.227 e. The number of nitrogens with zero attached hydrogens (tertiary/aromatic N) is 4. The highest BCUT2D eigenvalue weighted by molar-refractivity contribution is 7.15. The van der Waals surface area contributed by atoms with Crippen molar-refractivity contribution in [1.29, 1.82) is 0 Å². The van der Waals surface area contributed by atoms with Crippen LogP contribution in [-0.4, -0.2) is 26.4 Å². The van der Waals surface area contributed by atoms with E-state index in [4.69, 9.17) is 16.6 Å². The number of fused-ring (bicyclic) bond motifs is 3.